The van der Waals surface area contributed by atoms with Crippen LogP contribution in [0, 0.1) is 5.41 Å². The molecule has 5 nitrogen and oxygen atoms in total. The summed E-state index contributed by atoms with van der Waals surface area (Å²) in [5, 5.41) is 2.97. The van der Waals surface area contributed by atoms with E-state index in [0.717, 1.165) is 5.56 Å². The number of amides is 2. The SMILES string of the molecule is CNc1ncccc1CN1C(=O)CC(C)(C)CC1=O. The molecule has 2 rings (SSSR count). The Labute approximate surface area is 113 Å². The van der Waals surface area contributed by atoms with Crippen LogP contribution in [0.1, 0.15) is 32.3 Å². The molecule has 2 heterocycles. The van der Waals surface area contributed by atoms with Crippen molar-refractivity contribution in [3.05, 3.63) is 23.9 Å². The van der Waals surface area contributed by atoms with Crippen molar-refractivity contribution in [3.8, 4) is 0 Å². The molecule has 0 unspecified atom stereocenters. The van der Waals surface area contributed by atoms with Crippen LogP contribution in [0.15, 0.2) is 18.3 Å². The molecule has 1 aromatic rings. The van der Waals surface area contributed by atoms with Gasteiger partial charge < -0.3 is 5.32 Å². The maximum atomic E-state index is 12.1. The van der Waals surface area contributed by atoms with Crippen LogP contribution in [-0.2, 0) is 16.1 Å². The van der Waals surface area contributed by atoms with E-state index >= 15 is 0 Å². The Balaban J connectivity index is 2.19. The summed E-state index contributed by atoms with van der Waals surface area (Å²) in [6.07, 6.45) is 2.50. The van der Waals surface area contributed by atoms with Gasteiger partial charge in [-0.15, -0.1) is 0 Å². The molecular formula is C14H19N3O2. The van der Waals surface area contributed by atoms with Crippen LogP contribution >= 0.6 is 0 Å². The van der Waals surface area contributed by atoms with Crippen molar-refractivity contribution in [1.29, 1.82) is 0 Å². The zero-order valence-electron chi connectivity index (χ0n) is 11.6. The molecule has 1 fully saturated rings. The van der Waals surface area contributed by atoms with Gasteiger partial charge in [0.15, 0.2) is 0 Å². The highest BCUT2D eigenvalue weighted by Crippen LogP contribution is 2.32. The smallest absolute Gasteiger partial charge is 0.230 e. The number of aromatic nitrogens is 1. The zero-order valence-corrected chi connectivity index (χ0v) is 11.6. The van der Waals surface area contributed by atoms with Crippen molar-refractivity contribution in [1.82, 2.24) is 9.88 Å². The van der Waals surface area contributed by atoms with Gasteiger partial charge in [0, 0.05) is 31.6 Å². The number of likely N-dealkylation sites (tertiary alicyclic amines) is 1. The van der Waals surface area contributed by atoms with E-state index < -0.39 is 0 Å². The summed E-state index contributed by atoms with van der Waals surface area (Å²) in [5.41, 5.74) is 0.622. The monoisotopic (exact) mass is 261 g/mol. The number of piperidine rings is 1. The predicted molar refractivity (Wildman–Crippen MR) is 72.4 cm³/mol. The van der Waals surface area contributed by atoms with E-state index in [9.17, 15) is 9.59 Å². The molecular weight excluding hydrogens is 242 g/mol. The van der Waals surface area contributed by atoms with Gasteiger partial charge in [-0.3, -0.25) is 14.5 Å². The average molecular weight is 261 g/mol. The molecule has 2 amide bonds. The van der Waals surface area contributed by atoms with Gasteiger partial charge in [-0.05, 0) is 11.5 Å². The van der Waals surface area contributed by atoms with E-state index in [-0.39, 0.29) is 23.8 Å². The normalized spacial score (nSPS) is 18.6. The summed E-state index contributed by atoms with van der Waals surface area (Å²) in [6, 6.07) is 3.68. The van der Waals surface area contributed by atoms with Gasteiger partial charge in [-0.25, -0.2) is 4.98 Å². The first kappa shape index (κ1) is 13.5. The fraction of sp³-hybridized carbons (Fsp3) is 0.500. The highest BCUT2D eigenvalue weighted by Gasteiger charge is 2.37. The lowest BCUT2D eigenvalue weighted by molar-refractivity contribution is -0.153. The quantitative estimate of drug-likeness (QED) is 0.843. The lowest BCUT2D eigenvalue weighted by atomic mass is 9.81. The van der Waals surface area contributed by atoms with E-state index in [0.29, 0.717) is 18.7 Å². The van der Waals surface area contributed by atoms with Gasteiger partial charge in [-0.1, -0.05) is 19.9 Å². The number of imide groups is 1. The Morgan fingerprint density at radius 3 is 2.53 bits per heavy atom. The van der Waals surface area contributed by atoms with Gasteiger partial charge in [-0.2, -0.15) is 0 Å². The number of carbonyl (C=O) groups is 2. The van der Waals surface area contributed by atoms with Crippen LogP contribution in [0.25, 0.3) is 0 Å². The third-order valence-corrected chi connectivity index (χ3v) is 3.32. The third kappa shape index (κ3) is 2.92. The predicted octanol–water partition coefficient (Wildman–Crippen LogP) is 1.80. The fourth-order valence-corrected chi connectivity index (χ4v) is 2.35. The van der Waals surface area contributed by atoms with Crippen molar-refractivity contribution in [2.75, 3.05) is 12.4 Å². The first-order valence-electron chi connectivity index (χ1n) is 6.38. The summed E-state index contributed by atoms with van der Waals surface area (Å²) in [5.74, 6) is 0.493. The molecule has 0 aliphatic carbocycles. The minimum atomic E-state index is -0.231. The van der Waals surface area contributed by atoms with Crippen LogP contribution in [0.3, 0.4) is 0 Å². The molecule has 1 aliphatic rings. The minimum Gasteiger partial charge on any atom is -0.373 e. The fourth-order valence-electron chi connectivity index (χ4n) is 2.35. The van der Waals surface area contributed by atoms with E-state index in [1.807, 2.05) is 19.9 Å². The van der Waals surface area contributed by atoms with Crippen molar-refractivity contribution in [3.63, 3.8) is 0 Å². The first-order valence-corrected chi connectivity index (χ1v) is 6.38. The number of nitrogens with zero attached hydrogens (tertiary/aromatic N) is 2. The summed E-state index contributed by atoms with van der Waals surface area (Å²) in [4.78, 5) is 29.7. The van der Waals surface area contributed by atoms with E-state index in [1.54, 1.807) is 19.3 Å². The lowest BCUT2D eigenvalue weighted by Crippen LogP contribution is -2.45. The third-order valence-electron chi connectivity index (χ3n) is 3.32. The standard InChI is InChI=1S/C14H19N3O2/c1-14(2)7-11(18)17(12(19)8-14)9-10-5-4-6-16-13(10)15-3/h4-6H,7-9H2,1-3H3,(H,15,16). The summed E-state index contributed by atoms with van der Waals surface area (Å²) < 4.78 is 0. The zero-order chi connectivity index (χ0) is 14.0. The van der Waals surface area contributed by atoms with E-state index in [2.05, 4.69) is 10.3 Å². The van der Waals surface area contributed by atoms with Crippen LogP contribution in [-0.4, -0.2) is 28.7 Å². The topological polar surface area (TPSA) is 62.3 Å². The Morgan fingerprint density at radius 1 is 1.32 bits per heavy atom. The number of anilines is 1. The van der Waals surface area contributed by atoms with Gasteiger partial charge in [0.2, 0.25) is 11.8 Å². The van der Waals surface area contributed by atoms with Crippen LogP contribution in [0.5, 0.6) is 0 Å². The van der Waals surface area contributed by atoms with Crippen LogP contribution in [0.2, 0.25) is 0 Å². The van der Waals surface area contributed by atoms with Gasteiger partial charge in [0.1, 0.15) is 5.82 Å². The molecule has 1 N–H and O–H groups in total. The Hall–Kier alpha value is -1.91. The average Bonchev–Trinajstić information content (AvgIpc) is 2.33. The van der Waals surface area contributed by atoms with Gasteiger partial charge in [0.25, 0.3) is 0 Å². The molecule has 102 valence electrons. The second-order valence-corrected chi connectivity index (χ2v) is 5.65. The number of rotatable bonds is 3. The number of carbonyl (C=O) groups excluding carboxylic acids is 2. The maximum Gasteiger partial charge on any atom is 0.230 e. The van der Waals surface area contributed by atoms with Crippen molar-refractivity contribution < 1.29 is 9.59 Å². The van der Waals surface area contributed by atoms with Crippen molar-refractivity contribution >= 4 is 17.6 Å². The molecule has 19 heavy (non-hydrogen) atoms. The summed E-state index contributed by atoms with van der Waals surface area (Å²) in [7, 11) is 1.77. The minimum absolute atomic E-state index is 0.104. The summed E-state index contributed by atoms with van der Waals surface area (Å²) >= 11 is 0. The highest BCUT2D eigenvalue weighted by molar-refractivity contribution is 5.98. The van der Waals surface area contributed by atoms with E-state index in [4.69, 9.17) is 0 Å². The van der Waals surface area contributed by atoms with Crippen molar-refractivity contribution in [2.24, 2.45) is 5.41 Å². The Kier molecular flexibility index (Phi) is 3.55. The molecule has 0 radical (unpaired) electrons. The second kappa shape index (κ2) is 4.99. The van der Waals surface area contributed by atoms with Crippen molar-refractivity contribution in [2.45, 2.75) is 33.2 Å². The number of hydrogen-bond acceptors (Lipinski definition) is 4. The molecule has 0 saturated carbocycles. The Bertz CT molecular complexity index is 491. The molecule has 1 aliphatic heterocycles. The Morgan fingerprint density at radius 2 is 1.95 bits per heavy atom. The number of hydrogen-bond donors (Lipinski definition) is 1. The van der Waals surface area contributed by atoms with Crippen LogP contribution in [0.4, 0.5) is 5.82 Å². The largest absolute Gasteiger partial charge is 0.373 e. The second-order valence-electron chi connectivity index (χ2n) is 5.65. The molecule has 0 spiro atoms. The van der Waals surface area contributed by atoms with Gasteiger partial charge in [0.05, 0.1) is 6.54 Å². The van der Waals surface area contributed by atoms with Crippen LogP contribution < -0.4 is 5.32 Å². The molecule has 0 bridgehead atoms. The molecule has 1 aromatic heterocycles. The molecule has 0 aromatic carbocycles. The highest BCUT2D eigenvalue weighted by atomic mass is 16.2. The molecule has 1 saturated heterocycles. The number of nitrogens with one attached hydrogen (secondary N) is 1. The summed E-state index contributed by atoms with van der Waals surface area (Å²) in [6.45, 7) is 4.18. The molecule has 5 heteroatoms. The van der Waals surface area contributed by atoms with Gasteiger partial charge >= 0.3 is 0 Å². The number of pyridine rings is 1. The lowest BCUT2D eigenvalue weighted by Gasteiger charge is -2.34. The first-order chi connectivity index (χ1) is 8.93. The maximum absolute atomic E-state index is 12.1. The van der Waals surface area contributed by atoms with E-state index in [1.165, 1.54) is 4.90 Å². The molecule has 0 atom stereocenters.